The van der Waals surface area contributed by atoms with E-state index in [4.69, 9.17) is 0 Å². The van der Waals surface area contributed by atoms with Crippen LogP contribution in [0, 0.1) is 26.6 Å². The molecule has 6 nitrogen and oxygen atoms in total. The third-order valence-electron chi connectivity index (χ3n) is 4.59. The molecule has 1 unspecified atom stereocenters. The standard InChI is InChI=1S/C21H28FN3O3/c1-11-8-9-14(22)15(10-11)23-19(27)16-12(2)17(25(7)13(16)3)18(26)20(28)24-21(4,5)6/h8-10,18,26H,1-7H3,(H,23,27)(H,24,28). The van der Waals surface area contributed by atoms with E-state index in [0.29, 0.717) is 22.5 Å². The molecule has 0 radical (unpaired) electrons. The molecule has 0 spiro atoms. The number of nitrogens with zero attached hydrogens (tertiary/aromatic N) is 1. The Hall–Kier alpha value is -2.67. The summed E-state index contributed by atoms with van der Waals surface area (Å²) < 4.78 is 15.6. The molecule has 152 valence electrons. The molecule has 0 aliphatic rings. The molecule has 1 atom stereocenters. The lowest BCUT2D eigenvalue weighted by atomic mass is 10.0. The minimum atomic E-state index is -1.43. The SMILES string of the molecule is Cc1ccc(F)c(NC(=O)c2c(C)c(C(O)C(=O)NC(C)(C)C)n(C)c2C)c1. The van der Waals surface area contributed by atoms with Crippen LogP contribution in [0.15, 0.2) is 18.2 Å². The van der Waals surface area contributed by atoms with Crippen molar-refractivity contribution in [3.8, 4) is 0 Å². The fraction of sp³-hybridized carbons (Fsp3) is 0.429. The summed E-state index contributed by atoms with van der Waals surface area (Å²) in [5.74, 6) is -1.58. The highest BCUT2D eigenvalue weighted by molar-refractivity contribution is 6.06. The lowest BCUT2D eigenvalue weighted by molar-refractivity contribution is -0.131. The van der Waals surface area contributed by atoms with E-state index in [1.807, 2.05) is 20.8 Å². The van der Waals surface area contributed by atoms with Crippen LogP contribution in [0.5, 0.6) is 0 Å². The van der Waals surface area contributed by atoms with Crippen LogP contribution in [0.2, 0.25) is 0 Å². The molecule has 2 rings (SSSR count). The van der Waals surface area contributed by atoms with Crippen LogP contribution in [0.1, 0.15) is 59.7 Å². The molecule has 0 bridgehead atoms. The van der Waals surface area contributed by atoms with Crippen molar-refractivity contribution in [2.75, 3.05) is 5.32 Å². The number of hydrogen-bond acceptors (Lipinski definition) is 3. The van der Waals surface area contributed by atoms with Crippen LogP contribution in [0.4, 0.5) is 10.1 Å². The summed E-state index contributed by atoms with van der Waals surface area (Å²) in [6.45, 7) is 10.6. The first-order valence-corrected chi connectivity index (χ1v) is 9.07. The van der Waals surface area contributed by atoms with Gasteiger partial charge in [0, 0.05) is 18.3 Å². The van der Waals surface area contributed by atoms with E-state index in [-0.39, 0.29) is 5.69 Å². The van der Waals surface area contributed by atoms with E-state index in [0.717, 1.165) is 5.56 Å². The first-order chi connectivity index (χ1) is 12.8. The highest BCUT2D eigenvalue weighted by Gasteiger charge is 2.30. The number of nitrogens with one attached hydrogen (secondary N) is 2. The first kappa shape index (κ1) is 21.6. The zero-order valence-electron chi connectivity index (χ0n) is 17.4. The van der Waals surface area contributed by atoms with Gasteiger partial charge in [0.1, 0.15) is 5.82 Å². The maximum absolute atomic E-state index is 14.0. The van der Waals surface area contributed by atoms with Gasteiger partial charge in [-0.15, -0.1) is 0 Å². The molecule has 3 N–H and O–H groups in total. The lowest BCUT2D eigenvalue weighted by Crippen LogP contribution is -2.43. The number of carbonyl (C=O) groups excluding carboxylic acids is 2. The van der Waals surface area contributed by atoms with E-state index in [2.05, 4.69) is 10.6 Å². The molecule has 1 aromatic heterocycles. The van der Waals surface area contributed by atoms with Gasteiger partial charge in [-0.3, -0.25) is 9.59 Å². The molecule has 2 aromatic rings. The number of aryl methyl sites for hydroxylation is 1. The highest BCUT2D eigenvalue weighted by atomic mass is 19.1. The Balaban J connectivity index is 2.39. The molecule has 28 heavy (non-hydrogen) atoms. The summed E-state index contributed by atoms with van der Waals surface area (Å²) in [6.07, 6.45) is -1.43. The Labute approximate surface area is 164 Å². The van der Waals surface area contributed by atoms with E-state index in [9.17, 15) is 19.1 Å². The molecule has 0 fully saturated rings. The van der Waals surface area contributed by atoms with Gasteiger partial charge in [-0.25, -0.2) is 4.39 Å². The minimum Gasteiger partial charge on any atom is -0.377 e. The third-order valence-corrected chi connectivity index (χ3v) is 4.59. The normalized spacial score (nSPS) is 12.6. The second-order valence-corrected chi connectivity index (χ2v) is 8.11. The summed E-state index contributed by atoms with van der Waals surface area (Å²) in [6, 6.07) is 4.46. The Morgan fingerprint density at radius 1 is 1.18 bits per heavy atom. The van der Waals surface area contributed by atoms with E-state index in [1.165, 1.54) is 6.07 Å². The van der Waals surface area contributed by atoms with E-state index < -0.39 is 29.3 Å². The number of halogens is 1. The number of rotatable bonds is 4. The van der Waals surface area contributed by atoms with Crippen LogP contribution >= 0.6 is 0 Å². The van der Waals surface area contributed by atoms with Crippen molar-refractivity contribution in [3.05, 3.63) is 52.1 Å². The molecule has 0 saturated carbocycles. The van der Waals surface area contributed by atoms with Gasteiger partial charge in [0.05, 0.1) is 16.9 Å². The van der Waals surface area contributed by atoms with Crippen molar-refractivity contribution >= 4 is 17.5 Å². The van der Waals surface area contributed by atoms with Crippen LogP contribution in [-0.2, 0) is 11.8 Å². The average molecular weight is 389 g/mol. The third kappa shape index (κ3) is 4.42. The topological polar surface area (TPSA) is 83.4 Å². The Morgan fingerprint density at radius 3 is 2.36 bits per heavy atom. The number of aliphatic hydroxyl groups excluding tert-OH is 1. The summed E-state index contributed by atoms with van der Waals surface area (Å²) in [5, 5.41) is 15.9. The zero-order valence-corrected chi connectivity index (χ0v) is 17.4. The predicted molar refractivity (Wildman–Crippen MR) is 107 cm³/mol. The number of aliphatic hydroxyl groups is 1. The van der Waals surface area contributed by atoms with Crippen molar-refractivity contribution in [1.82, 2.24) is 9.88 Å². The summed E-state index contributed by atoms with van der Waals surface area (Å²) in [7, 11) is 1.68. The molecule has 7 heteroatoms. The van der Waals surface area contributed by atoms with Crippen LogP contribution in [-0.4, -0.2) is 27.0 Å². The number of carbonyl (C=O) groups is 2. The minimum absolute atomic E-state index is 0.0835. The maximum Gasteiger partial charge on any atom is 0.257 e. The second-order valence-electron chi connectivity index (χ2n) is 8.11. The Bertz CT molecular complexity index is 926. The Kier molecular flexibility index (Phi) is 5.99. The maximum atomic E-state index is 14.0. The van der Waals surface area contributed by atoms with E-state index in [1.54, 1.807) is 44.5 Å². The van der Waals surface area contributed by atoms with Gasteiger partial charge in [-0.2, -0.15) is 0 Å². The number of benzene rings is 1. The molecular weight excluding hydrogens is 361 g/mol. The Morgan fingerprint density at radius 2 is 1.79 bits per heavy atom. The van der Waals surface area contributed by atoms with Crippen molar-refractivity contribution < 1.29 is 19.1 Å². The fourth-order valence-electron chi connectivity index (χ4n) is 3.20. The van der Waals surface area contributed by atoms with Gasteiger partial charge >= 0.3 is 0 Å². The first-order valence-electron chi connectivity index (χ1n) is 9.07. The van der Waals surface area contributed by atoms with Crippen LogP contribution in [0.3, 0.4) is 0 Å². The zero-order chi connectivity index (χ0) is 21.4. The van der Waals surface area contributed by atoms with Gasteiger partial charge in [0.25, 0.3) is 11.8 Å². The summed E-state index contributed by atoms with van der Waals surface area (Å²) in [5.41, 5.74) is 2.07. The quantitative estimate of drug-likeness (QED) is 0.750. The van der Waals surface area contributed by atoms with Gasteiger partial charge in [-0.05, 0) is 64.8 Å². The van der Waals surface area contributed by atoms with Crippen molar-refractivity contribution in [2.24, 2.45) is 7.05 Å². The molecule has 1 aromatic carbocycles. The highest BCUT2D eigenvalue weighted by Crippen LogP contribution is 2.28. The molecule has 2 amide bonds. The van der Waals surface area contributed by atoms with Crippen LogP contribution < -0.4 is 10.6 Å². The smallest absolute Gasteiger partial charge is 0.257 e. The number of aromatic nitrogens is 1. The molecular formula is C21H28FN3O3. The van der Waals surface area contributed by atoms with Gasteiger partial charge in [0.2, 0.25) is 0 Å². The lowest BCUT2D eigenvalue weighted by Gasteiger charge is -2.23. The molecule has 0 aliphatic heterocycles. The fourth-order valence-corrected chi connectivity index (χ4v) is 3.20. The van der Waals surface area contributed by atoms with Gasteiger partial charge in [0.15, 0.2) is 6.10 Å². The molecule has 1 heterocycles. The predicted octanol–water partition coefficient (Wildman–Crippen LogP) is 3.29. The van der Waals surface area contributed by atoms with E-state index >= 15 is 0 Å². The molecule has 0 aliphatic carbocycles. The van der Waals surface area contributed by atoms with Crippen molar-refractivity contribution in [1.29, 1.82) is 0 Å². The summed E-state index contributed by atoms with van der Waals surface area (Å²) >= 11 is 0. The van der Waals surface area contributed by atoms with Gasteiger partial charge < -0.3 is 20.3 Å². The molecule has 0 saturated heterocycles. The van der Waals surface area contributed by atoms with Crippen molar-refractivity contribution in [3.63, 3.8) is 0 Å². The monoisotopic (exact) mass is 389 g/mol. The van der Waals surface area contributed by atoms with Gasteiger partial charge in [-0.1, -0.05) is 6.07 Å². The number of hydrogen-bond donors (Lipinski definition) is 3. The second kappa shape index (κ2) is 7.75. The average Bonchev–Trinajstić information content (AvgIpc) is 2.78. The summed E-state index contributed by atoms with van der Waals surface area (Å²) in [4.78, 5) is 25.2. The number of amides is 2. The van der Waals surface area contributed by atoms with Crippen molar-refractivity contribution in [2.45, 2.75) is 53.2 Å². The largest absolute Gasteiger partial charge is 0.377 e. The number of anilines is 1. The van der Waals surface area contributed by atoms with Crippen LogP contribution in [0.25, 0.3) is 0 Å².